The summed E-state index contributed by atoms with van der Waals surface area (Å²) in [4.78, 5) is 17.7. The van der Waals surface area contributed by atoms with Crippen LogP contribution in [0.4, 0.5) is 4.39 Å². The van der Waals surface area contributed by atoms with Crippen LogP contribution in [0.5, 0.6) is 0 Å². The standard InChI is InChI=1S/C18H21BrFN3O3S2/c19-17-6-3-15(27-17)13-22-9-11-23(12-10-22)18(24)7-8-21-28(25,26)16-4-1-14(20)2-5-16/h1-6,21H,7-13H2. The van der Waals surface area contributed by atoms with E-state index in [9.17, 15) is 17.6 Å². The fourth-order valence-corrected chi connectivity index (χ4v) is 5.52. The van der Waals surface area contributed by atoms with Gasteiger partial charge in [0.2, 0.25) is 15.9 Å². The molecule has 2 heterocycles. The van der Waals surface area contributed by atoms with Crippen LogP contribution in [0.15, 0.2) is 45.1 Å². The van der Waals surface area contributed by atoms with Gasteiger partial charge < -0.3 is 4.90 Å². The summed E-state index contributed by atoms with van der Waals surface area (Å²) >= 11 is 5.17. The summed E-state index contributed by atoms with van der Waals surface area (Å²) < 4.78 is 40.7. The lowest BCUT2D eigenvalue weighted by Crippen LogP contribution is -2.48. The number of sulfonamides is 1. The second-order valence-electron chi connectivity index (χ2n) is 6.46. The Morgan fingerprint density at radius 3 is 2.39 bits per heavy atom. The Balaban J connectivity index is 1.41. The smallest absolute Gasteiger partial charge is 0.240 e. The molecule has 6 nitrogen and oxygen atoms in total. The molecular weight excluding hydrogens is 469 g/mol. The van der Waals surface area contributed by atoms with Gasteiger partial charge in [0.15, 0.2) is 0 Å². The number of nitrogens with one attached hydrogen (secondary N) is 1. The Labute approximate surface area is 176 Å². The van der Waals surface area contributed by atoms with Crippen LogP contribution in [-0.2, 0) is 21.4 Å². The van der Waals surface area contributed by atoms with Crippen molar-refractivity contribution in [2.45, 2.75) is 17.9 Å². The van der Waals surface area contributed by atoms with E-state index in [-0.39, 0.29) is 23.8 Å². The maximum atomic E-state index is 12.9. The highest BCUT2D eigenvalue weighted by atomic mass is 79.9. The third-order valence-electron chi connectivity index (χ3n) is 4.49. The quantitative estimate of drug-likeness (QED) is 0.648. The Morgan fingerprint density at radius 1 is 1.11 bits per heavy atom. The zero-order chi connectivity index (χ0) is 20.1. The number of piperazine rings is 1. The summed E-state index contributed by atoms with van der Waals surface area (Å²) in [6, 6.07) is 8.71. The molecule has 1 aliphatic heterocycles. The van der Waals surface area contributed by atoms with Crippen molar-refractivity contribution in [2.75, 3.05) is 32.7 Å². The van der Waals surface area contributed by atoms with E-state index in [1.54, 1.807) is 16.2 Å². The molecule has 2 aromatic rings. The Kier molecular flexibility index (Phi) is 7.21. The van der Waals surface area contributed by atoms with E-state index in [0.717, 1.165) is 35.6 Å². The molecule has 0 radical (unpaired) electrons. The zero-order valence-electron chi connectivity index (χ0n) is 15.1. The van der Waals surface area contributed by atoms with E-state index < -0.39 is 15.8 Å². The van der Waals surface area contributed by atoms with Crippen molar-refractivity contribution >= 4 is 43.2 Å². The van der Waals surface area contributed by atoms with Crippen molar-refractivity contribution in [1.82, 2.24) is 14.5 Å². The van der Waals surface area contributed by atoms with Gasteiger partial charge in [0, 0.05) is 50.6 Å². The van der Waals surface area contributed by atoms with Crippen LogP contribution in [0, 0.1) is 5.82 Å². The zero-order valence-corrected chi connectivity index (χ0v) is 18.3. The second-order valence-corrected chi connectivity index (χ2v) is 10.8. The monoisotopic (exact) mass is 489 g/mol. The number of halogens is 2. The second kappa shape index (κ2) is 9.45. The van der Waals surface area contributed by atoms with E-state index >= 15 is 0 Å². The third-order valence-corrected chi connectivity index (χ3v) is 7.57. The molecule has 0 unspecified atom stereocenters. The van der Waals surface area contributed by atoms with Crippen molar-refractivity contribution in [3.05, 3.63) is 50.9 Å². The fraction of sp³-hybridized carbons (Fsp3) is 0.389. The van der Waals surface area contributed by atoms with Gasteiger partial charge in [-0.2, -0.15) is 0 Å². The minimum atomic E-state index is -3.74. The van der Waals surface area contributed by atoms with Gasteiger partial charge in [-0.3, -0.25) is 9.69 Å². The maximum absolute atomic E-state index is 12.9. The van der Waals surface area contributed by atoms with Crippen LogP contribution in [0.25, 0.3) is 0 Å². The topological polar surface area (TPSA) is 69.7 Å². The summed E-state index contributed by atoms with van der Waals surface area (Å²) in [5, 5.41) is 0. The van der Waals surface area contributed by atoms with Crippen LogP contribution in [0.3, 0.4) is 0 Å². The summed E-state index contributed by atoms with van der Waals surface area (Å²) in [5.41, 5.74) is 0. The summed E-state index contributed by atoms with van der Waals surface area (Å²) in [6.07, 6.45) is 0.0955. The molecule has 1 N–H and O–H groups in total. The van der Waals surface area contributed by atoms with E-state index in [0.29, 0.717) is 13.1 Å². The lowest BCUT2D eigenvalue weighted by atomic mass is 10.2. The first-order valence-corrected chi connectivity index (χ1v) is 11.9. The van der Waals surface area contributed by atoms with Gasteiger partial charge in [0.25, 0.3) is 0 Å². The lowest BCUT2D eigenvalue weighted by Gasteiger charge is -2.34. The molecule has 1 saturated heterocycles. The van der Waals surface area contributed by atoms with E-state index in [1.165, 1.54) is 17.0 Å². The molecule has 10 heteroatoms. The molecule has 1 aromatic heterocycles. The summed E-state index contributed by atoms with van der Waals surface area (Å²) in [6.45, 7) is 3.75. The van der Waals surface area contributed by atoms with Crippen LogP contribution in [0.1, 0.15) is 11.3 Å². The molecule has 1 aliphatic rings. The predicted molar refractivity (Wildman–Crippen MR) is 110 cm³/mol. The average molecular weight is 490 g/mol. The van der Waals surface area contributed by atoms with Gasteiger partial charge in [-0.1, -0.05) is 0 Å². The average Bonchev–Trinajstić information content (AvgIpc) is 3.07. The number of thiophene rings is 1. The number of carbonyl (C=O) groups is 1. The first-order valence-electron chi connectivity index (χ1n) is 8.83. The highest BCUT2D eigenvalue weighted by Gasteiger charge is 2.22. The number of amides is 1. The molecule has 0 saturated carbocycles. The Bertz CT molecular complexity index is 910. The highest BCUT2D eigenvalue weighted by molar-refractivity contribution is 9.11. The Morgan fingerprint density at radius 2 is 1.79 bits per heavy atom. The summed E-state index contributed by atoms with van der Waals surface area (Å²) in [5.74, 6) is -0.569. The van der Waals surface area contributed by atoms with E-state index in [4.69, 9.17) is 0 Å². The van der Waals surface area contributed by atoms with Crippen LogP contribution >= 0.6 is 27.3 Å². The maximum Gasteiger partial charge on any atom is 0.240 e. The van der Waals surface area contributed by atoms with E-state index in [1.807, 2.05) is 6.07 Å². The Hall–Kier alpha value is -1.33. The number of hydrogen-bond acceptors (Lipinski definition) is 5. The summed E-state index contributed by atoms with van der Waals surface area (Å²) in [7, 11) is -3.74. The van der Waals surface area contributed by atoms with Crippen molar-refractivity contribution in [2.24, 2.45) is 0 Å². The molecule has 28 heavy (non-hydrogen) atoms. The predicted octanol–water partition coefficient (Wildman–Crippen LogP) is 2.66. The minimum absolute atomic E-state index is 0.0159. The normalized spacial score (nSPS) is 15.7. The van der Waals surface area contributed by atoms with Gasteiger partial charge in [-0.15, -0.1) is 11.3 Å². The molecule has 0 spiro atoms. The molecule has 1 aromatic carbocycles. The van der Waals surface area contributed by atoms with Crippen molar-refractivity contribution in [3.63, 3.8) is 0 Å². The van der Waals surface area contributed by atoms with E-state index in [2.05, 4.69) is 31.6 Å². The number of hydrogen-bond donors (Lipinski definition) is 1. The SMILES string of the molecule is O=C(CCNS(=O)(=O)c1ccc(F)cc1)N1CCN(Cc2ccc(Br)s2)CC1. The minimum Gasteiger partial charge on any atom is -0.340 e. The molecule has 1 amide bonds. The molecule has 0 atom stereocenters. The largest absolute Gasteiger partial charge is 0.340 e. The number of rotatable bonds is 7. The van der Waals surface area contributed by atoms with Crippen molar-refractivity contribution < 1.29 is 17.6 Å². The fourth-order valence-electron chi connectivity index (χ4n) is 2.96. The molecule has 152 valence electrons. The van der Waals surface area contributed by atoms with Crippen LogP contribution in [0.2, 0.25) is 0 Å². The number of carbonyl (C=O) groups excluding carboxylic acids is 1. The molecule has 3 rings (SSSR count). The molecule has 0 aliphatic carbocycles. The molecule has 0 bridgehead atoms. The van der Waals surface area contributed by atoms with Gasteiger partial charge >= 0.3 is 0 Å². The first-order chi connectivity index (χ1) is 13.3. The first kappa shape index (κ1) is 21.4. The van der Waals surface area contributed by atoms with Crippen molar-refractivity contribution in [1.29, 1.82) is 0 Å². The van der Waals surface area contributed by atoms with Crippen LogP contribution in [-0.4, -0.2) is 56.8 Å². The highest BCUT2D eigenvalue weighted by Crippen LogP contribution is 2.23. The lowest BCUT2D eigenvalue weighted by molar-refractivity contribution is -0.132. The van der Waals surface area contributed by atoms with Crippen molar-refractivity contribution in [3.8, 4) is 0 Å². The number of benzene rings is 1. The van der Waals surface area contributed by atoms with Gasteiger partial charge in [0.05, 0.1) is 8.68 Å². The molecule has 1 fully saturated rings. The van der Waals surface area contributed by atoms with Gasteiger partial charge in [-0.05, 0) is 52.3 Å². The third kappa shape index (κ3) is 5.84. The number of nitrogens with zero attached hydrogens (tertiary/aromatic N) is 2. The van der Waals surface area contributed by atoms with Gasteiger partial charge in [0.1, 0.15) is 5.82 Å². The van der Waals surface area contributed by atoms with Gasteiger partial charge in [-0.25, -0.2) is 17.5 Å². The van der Waals surface area contributed by atoms with Crippen LogP contribution < -0.4 is 4.72 Å². The molecular formula is C18H21BrFN3O3S2.